The Morgan fingerprint density at radius 2 is 2.12 bits per heavy atom. The molecule has 1 heterocycles. The van der Waals surface area contributed by atoms with Crippen LogP contribution in [0, 0.1) is 24.1 Å². The highest BCUT2D eigenvalue weighted by atomic mass is 19.1. The van der Waals surface area contributed by atoms with E-state index in [0.29, 0.717) is 5.75 Å². The van der Waals surface area contributed by atoms with Crippen LogP contribution in [0.15, 0.2) is 36.5 Å². The predicted molar refractivity (Wildman–Crippen MR) is 60.2 cm³/mol. The Morgan fingerprint density at radius 1 is 1.29 bits per heavy atom. The Bertz CT molecular complexity index is 590. The van der Waals surface area contributed by atoms with Crippen molar-refractivity contribution in [1.29, 1.82) is 5.26 Å². The lowest BCUT2D eigenvalue weighted by Crippen LogP contribution is -1.90. The van der Waals surface area contributed by atoms with E-state index in [2.05, 4.69) is 4.98 Å². The summed E-state index contributed by atoms with van der Waals surface area (Å²) in [6.07, 6.45) is 1.45. The number of hydrogen-bond donors (Lipinski definition) is 0. The third-order valence-corrected chi connectivity index (χ3v) is 2.16. The van der Waals surface area contributed by atoms with Gasteiger partial charge in [-0.05, 0) is 30.7 Å². The first-order chi connectivity index (χ1) is 8.19. The van der Waals surface area contributed by atoms with Crippen molar-refractivity contribution < 1.29 is 9.13 Å². The quantitative estimate of drug-likeness (QED) is 0.792. The smallest absolute Gasteiger partial charge is 0.165 e. The molecule has 0 unspecified atom stereocenters. The first-order valence-corrected chi connectivity index (χ1v) is 4.99. The van der Waals surface area contributed by atoms with Gasteiger partial charge in [0.2, 0.25) is 0 Å². The molecule has 0 fully saturated rings. The van der Waals surface area contributed by atoms with Gasteiger partial charge in [0.1, 0.15) is 17.5 Å². The molecule has 2 aromatic rings. The van der Waals surface area contributed by atoms with Crippen LogP contribution in [0.2, 0.25) is 0 Å². The van der Waals surface area contributed by atoms with Crippen molar-refractivity contribution >= 4 is 0 Å². The standard InChI is InChI=1S/C13H9FN2O/c1-9-2-3-12(14)13(6-9)17-11-4-5-16-10(7-11)8-15/h2-7H,1H3. The largest absolute Gasteiger partial charge is 0.454 e. The summed E-state index contributed by atoms with van der Waals surface area (Å²) in [5, 5.41) is 8.68. The van der Waals surface area contributed by atoms with E-state index in [4.69, 9.17) is 10.00 Å². The third-order valence-electron chi connectivity index (χ3n) is 2.16. The summed E-state index contributed by atoms with van der Waals surface area (Å²) in [7, 11) is 0. The van der Waals surface area contributed by atoms with Crippen LogP contribution in [0.3, 0.4) is 0 Å². The molecule has 0 N–H and O–H groups in total. The lowest BCUT2D eigenvalue weighted by molar-refractivity contribution is 0.441. The third kappa shape index (κ3) is 2.58. The average Bonchev–Trinajstić information content (AvgIpc) is 2.34. The van der Waals surface area contributed by atoms with Gasteiger partial charge in [0, 0.05) is 12.3 Å². The molecule has 4 heteroatoms. The predicted octanol–water partition coefficient (Wildman–Crippen LogP) is 3.19. The van der Waals surface area contributed by atoms with E-state index in [-0.39, 0.29) is 11.4 Å². The van der Waals surface area contributed by atoms with Crippen LogP contribution in [-0.2, 0) is 0 Å². The fourth-order valence-electron chi connectivity index (χ4n) is 1.35. The molecule has 0 spiro atoms. The number of aryl methyl sites for hydroxylation is 1. The lowest BCUT2D eigenvalue weighted by Gasteiger charge is -2.07. The van der Waals surface area contributed by atoms with Gasteiger partial charge in [-0.25, -0.2) is 9.37 Å². The Labute approximate surface area is 98.1 Å². The summed E-state index contributed by atoms with van der Waals surface area (Å²) < 4.78 is 18.8. The Morgan fingerprint density at radius 3 is 2.88 bits per heavy atom. The van der Waals surface area contributed by atoms with Crippen LogP contribution < -0.4 is 4.74 Å². The van der Waals surface area contributed by atoms with Crippen LogP contribution in [0.5, 0.6) is 11.5 Å². The molecule has 3 nitrogen and oxygen atoms in total. The van der Waals surface area contributed by atoms with Crippen molar-refractivity contribution in [2.75, 3.05) is 0 Å². The molecule has 0 radical (unpaired) electrons. The fourth-order valence-corrected chi connectivity index (χ4v) is 1.35. The summed E-state index contributed by atoms with van der Waals surface area (Å²) in [5.74, 6) is 0.0899. The normalized spacial score (nSPS) is 9.71. The second-order valence-electron chi connectivity index (χ2n) is 3.52. The van der Waals surface area contributed by atoms with Crippen molar-refractivity contribution in [2.45, 2.75) is 6.92 Å². The minimum Gasteiger partial charge on any atom is -0.454 e. The van der Waals surface area contributed by atoms with Gasteiger partial charge in [-0.3, -0.25) is 0 Å². The molecule has 0 saturated heterocycles. The molecular weight excluding hydrogens is 219 g/mol. The van der Waals surface area contributed by atoms with Crippen molar-refractivity contribution in [3.63, 3.8) is 0 Å². The zero-order valence-corrected chi connectivity index (χ0v) is 9.14. The second-order valence-corrected chi connectivity index (χ2v) is 3.52. The summed E-state index contributed by atoms with van der Waals surface area (Å²) >= 11 is 0. The van der Waals surface area contributed by atoms with E-state index in [1.807, 2.05) is 13.0 Å². The highest BCUT2D eigenvalue weighted by Gasteiger charge is 2.05. The summed E-state index contributed by atoms with van der Waals surface area (Å²) in [4.78, 5) is 3.80. The van der Waals surface area contributed by atoms with Gasteiger partial charge in [-0.1, -0.05) is 6.07 Å². The van der Waals surface area contributed by atoms with Crippen LogP contribution in [-0.4, -0.2) is 4.98 Å². The molecule has 0 aliphatic rings. The monoisotopic (exact) mass is 228 g/mol. The molecule has 0 saturated carbocycles. The second kappa shape index (κ2) is 4.62. The van der Waals surface area contributed by atoms with Crippen molar-refractivity contribution in [3.8, 4) is 17.6 Å². The first-order valence-electron chi connectivity index (χ1n) is 4.99. The van der Waals surface area contributed by atoms with Gasteiger partial charge >= 0.3 is 0 Å². The molecule has 0 amide bonds. The van der Waals surface area contributed by atoms with Crippen LogP contribution in [0.4, 0.5) is 4.39 Å². The number of pyridine rings is 1. The van der Waals surface area contributed by atoms with E-state index in [1.165, 1.54) is 18.3 Å². The molecular formula is C13H9FN2O. The zero-order valence-electron chi connectivity index (χ0n) is 9.14. The van der Waals surface area contributed by atoms with E-state index >= 15 is 0 Å². The van der Waals surface area contributed by atoms with Crippen molar-refractivity contribution in [2.24, 2.45) is 0 Å². The van der Waals surface area contributed by atoms with Crippen LogP contribution >= 0.6 is 0 Å². The number of nitriles is 1. The minimum absolute atomic E-state index is 0.139. The summed E-state index contributed by atoms with van der Waals surface area (Å²) in [6, 6.07) is 9.53. The number of halogens is 1. The first kappa shape index (κ1) is 11.1. The number of ether oxygens (including phenoxy) is 1. The molecule has 0 bridgehead atoms. The average molecular weight is 228 g/mol. The summed E-state index contributed by atoms with van der Waals surface area (Å²) in [5.41, 5.74) is 1.13. The number of nitrogens with zero attached hydrogens (tertiary/aromatic N) is 2. The van der Waals surface area contributed by atoms with Gasteiger partial charge in [-0.15, -0.1) is 0 Å². The molecule has 17 heavy (non-hydrogen) atoms. The van der Waals surface area contributed by atoms with Crippen LogP contribution in [0.25, 0.3) is 0 Å². The minimum atomic E-state index is -0.439. The van der Waals surface area contributed by atoms with Gasteiger partial charge in [0.15, 0.2) is 11.6 Å². The molecule has 1 aromatic heterocycles. The van der Waals surface area contributed by atoms with Crippen LogP contribution in [0.1, 0.15) is 11.3 Å². The number of rotatable bonds is 2. The van der Waals surface area contributed by atoms with Crippen molar-refractivity contribution in [3.05, 3.63) is 53.6 Å². The SMILES string of the molecule is Cc1ccc(F)c(Oc2ccnc(C#N)c2)c1. The topological polar surface area (TPSA) is 45.9 Å². The Hall–Kier alpha value is -2.41. The Kier molecular flexibility index (Phi) is 3.01. The number of benzene rings is 1. The maximum atomic E-state index is 13.4. The maximum Gasteiger partial charge on any atom is 0.165 e. The van der Waals surface area contributed by atoms with Gasteiger partial charge in [-0.2, -0.15) is 5.26 Å². The lowest BCUT2D eigenvalue weighted by atomic mass is 10.2. The molecule has 0 aliphatic carbocycles. The fraction of sp³-hybridized carbons (Fsp3) is 0.0769. The molecule has 84 valence electrons. The van der Waals surface area contributed by atoms with E-state index in [0.717, 1.165) is 5.56 Å². The van der Waals surface area contributed by atoms with Crippen molar-refractivity contribution in [1.82, 2.24) is 4.98 Å². The maximum absolute atomic E-state index is 13.4. The highest BCUT2D eigenvalue weighted by molar-refractivity contribution is 5.36. The molecule has 1 aromatic carbocycles. The highest BCUT2D eigenvalue weighted by Crippen LogP contribution is 2.25. The van der Waals surface area contributed by atoms with E-state index < -0.39 is 5.82 Å². The van der Waals surface area contributed by atoms with Gasteiger partial charge in [0.05, 0.1) is 0 Å². The number of aromatic nitrogens is 1. The Balaban J connectivity index is 2.31. The molecule has 2 rings (SSSR count). The molecule has 0 atom stereocenters. The number of hydrogen-bond acceptors (Lipinski definition) is 3. The summed E-state index contributed by atoms with van der Waals surface area (Å²) in [6.45, 7) is 1.85. The van der Waals surface area contributed by atoms with E-state index in [9.17, 15) is 4.39 Å². The molecule has 0 aliphatic heterocycles. The van der Waals surface area contributed by atoms with Gasteiger partial charge in [0.25, 0.3) is 0 Å². The zero-order chi connectivity index (χ0) is 12.3. The van der Waals surface area contributed by atoms with Gasteiger partial charge < -0.3 is 4.74 Å². The van der Waals surface area contributed by atoms with E-state index in [1.54, 1.807) is 18.2 Å².